The molecular weight excluding hydrogens is 200 g/mol. The topological polar surface area (TPSA) is 0 Å². The molecule has 1 aromatic rings. The average molecular weight is 222 g/mol. The van der Waals surface area contributed by atoms with Crippen molar-refractivity contribution >= 4 is 12.6 Å². The molecule has 0 aliphatic rings. The third-order valence-corrected chi connectivity index (χ3v) is 3.39. The summed E-state index contributed by atoms with van der Waals surface area (Å²) in [7, 11) is 0. The average Bonchev–Trinajstić information content (AvgIpc) is 2.29. The third kappa shape index (κ3) is 4.29. The molecule has 0 aliphatic carbocycles. The molecule has 0 aromatic heterocycles. The fourth-order valence-electron chi connectivity index (χ4n) is 1.95. The second-order valence-corrected chi connectivity index (χ2v) is 4.82. The van der Waals surface area contributed by atoms with Crippen LogP contribution in [0.3, 0.4) is 0 Å². The maximum absolute atomic E-state index is 4.36. The van der Waals surface area contributed by atoms with Gasteiger partial charge in [-0.3, -0.25) is 0 Å². The summed E-state index contributed by atoms with van der Waals surface area (Å²) in [5.74, 6) is 2.49. The molecule has 0 spiro atoms. The van der Waals surface area contributed by atoms with E-state index in [9.17, 15) is 0 Å². The van der Waals surface area contributed by atoms with Crippen LogP contribution in [-0.4, -0.2) is 5.75 Å². The molecule has 0 heterocycles. The van der Waals surface area contributed by atoms with Crippen molar-refractivity contribution in [3.63, 3.8) is 0 Å². The highest BCUT2D eigenvalue weighted by Crippen LogP contribution is 2.28. The van der Waals surface area contributed by atoms with Crippen molar-refractivity contribution in [3.8, 4) is 0 Å². The minimum atomic E-state index is 0.693. The van der Waals surface area contributed by atoms with E-state index in [0.717, 1.165) is 11.7 Å². The van der Waals surface area contributed by atoms with Crippen molar-refractivity contribution < 1.29 is 0 Å². The third-order valence-electron chi connectivity index (χ3n) is 3.13. The minimum absolute atomic E-state index is 0.693. The zero-order valence-corrected chi connectivity index (χ0v) is 10.7. The summed E-state index contributed by atoms with van der Waals surface area (Å²) in [5.41, 5.74) is 1.48. The predicted octanol–water partition coefficient (Wildman–Crippen LogP) is 4.53. The van der Waals surface area contributed by atoms with E-state index in [1.54, 1.807) is 0 Å². The highest BCUT2D eigenvalue weighted by atomic mass is 32.1. The number of rotatable bonds is 6. The van der Waals surface area contributed by atoms with Gasteiger partial charge in [-0.2, -0.15) is 12.6 Å². The zero-order valence-electron chi connectivity index (χ0n) is 9.82. The molecule has 1 heteroatoms. The lowest BCUT2D eigenvalue weighted by Crippen LogP contribution is -2.05. The van der Waals surface area contributed by atoms with Gasteiger partial charge < -0.3 is 0 Å². The minimum Gasteiger partial charge on any atom is -0.179 e. The van der Waals surface area contributed by atoms with Crippen LogP contribution in [0.15, 0.2) is 30.3 Å². The Bertz CT molecular complexity index is 255. The van der Waals surface area contributed by atoms with Crippen LogP contribution in [0.25, 0.3) is 0 Å². The first-order valence-corrected chi connectivity index (χ1v) is 6.57. The Morgan fingerprint density at radius 3 is 2.40 bits per heavy atom. The molecule has 0 fully saturated rings. The van der Waals surface area contributed by atoms with Crippen LogP contribution in [0, 0.1) is 5.92 Å². The van der Waals surface area contributed by atoms with Gasteiger partial charge in [0.25, 0.3) is 0 Å². The van der Waals surface area contributed by atoms with Gasteiger partial charge in [0.15, 0.2) is 0 Å². The summed E-state index contributed by atoms with van der Waals surface area (Å²) in [4.78, 5) is 0. The van der Waals surface area contributed by atoms with Crippen molar-refractivity contribution in [1.29, 1.82) is 0 Å². The smallest absolute Gasteiger partial charge is 0.00921 e. The second-order valence-electron chi connectivity index (χ2n) is 4.37. The van der Waals surface area contributed by atoms with Crippen molar-refractivity contribution in [1.82, 2.24) is 0 Å². The summed E-state index contributed by atoms with van der Waals surface area (Å²) in [6.07, 6.45) is 3.76. The van der Waals surface area contributed by atoms with E-state index in [4.69, 9.17) is 0 Å². The van der Waals surface area contributed by atoms with Crippen LogP contribution in [0.1, 0.15) is 44.6 Å². The number of hydrogen-bond donors (Lipinski definition) is 1. The lowest BCUT2D eigenvalue weighted by atomic mass is 9.87. The van der Waals surface area contributed by atoms with Gasteiger partial charge in [0.05, 0.1) is 0 Å². The van der Waals surface area contributed by atoms with Gasteiger partial charge in [-0.1, -0.05) is 50.6 Å². The Kier molecular flexibility index (Phi) is 5.85. The van der Waals surface area contributed by atoms with Gasteiger partial charge in [0, 0.05) is 0 Å². The number of hydrogen-bond acceptors (Lipinski definition) is 1. The molecule has 84 valence electrons. The first-order valence-electron chi connectivity index (χ1n) is 5.93. The summed E-state index contributed by atoms with van der Waals surface area (Å²) in [5, 5.41) is 0. The van der Waals surface area contributed by atoms with Gasteiger partial charge >= 0.3 is 0 Å². The van der Waals surface area contributed by atoms with Gasteiger partial charge in [-0.25, -0.2) is 0 Å². The second kappa shape index (κ2) is 6.95. The van der Waals surface area contributed by atoms with E-state index >= 15 is 0 Å². The molecule has 0 nitrogen and oxygen atoms in total. The largest absolute Gasteiger partial charge is 0.179 e. The van der Waals surface area contributed by atoms with Crippen LogP contribution in [0.2, 0.25) is 0 Å². The van der Waals surface area contributed by atoms with E-state index in [-0.39, 0.29) is 0 Å². The molecule has 0 N–H and O–H groups in total. The first kappa shape index (κ1) is 12.6. The molecule has 0 saturated heterocycles. The Labute approximate surface area is 99.5 Å². The molecule has 0 amide bonds. The predicted molar refractivity (Wildman–Crippen MR) is 71.7 cm³/mol. The van der Waals surface area contributed by atoms with E-state index < -0.39 is 0 Å². The Morgan fingerprint density at radius 2 is 1.87 bits per heavy atom. The van der Waals surface area contributed by atoms with Gasteiger partial charge in [0.1, 0.15) is 0 Å². The van der Waals surface area contributed by atoms with Gasteiger partial charge in [0.2, 0.25) is 0 Å². The van der Waals surface area contributed by atoms with Gasteiger partial charge in [-0.15, -0.1) is 0 Å². The normalized spacial score (nSPS) is 14.9. The molecule has 0 radical (unpaired) electrons. The van der Waals surface area contributed by atoms with E-state index in [1.807, 2.05) is 0 Å². The lowest BCUT2D eigenvalue weighted by Gasteiger charge is -2.20. The van der Waals surface area contributed by atoms with Crippen LogP contribution in [0.4, 0.5) is 0 Å². The number of thiol groups is 1. The summed E-state index contributed by atoms with van der Waals surface area (Å²) in [6.45, 7) is 4.61. The fraction of sp³-hybridized carbons (Fsp3) is 0.571. The molecule has 15 heavy (non-hydrogen) atoms. The van der Waals surface area contributed by atoms with Crippen molar-refractivity contribution in [2.45, 2.75) is 39.0 Å². The summed E-state index contributed by atoms with van der Waals surface area (Å²) < 4.78 is 0. The molecule has 2 unspecified atom stereocenters. The quantitative estimate of drug-likeness (QED) is 0.672. The molecule has 0 saturated carbocycles. The molecule has 0 aliphatic heterocycles. The molecule has 0 bridgehead atoms. The van der Waals surface area contributed by atoms with E-state index in [2.05, 4.69) is 56.8 Å². The summed E-state index contributed by atoms with van der Waals surface area (Å²) in [6, 6.07) is 10.9. The van der Waals surface area contributed by atoms with Crippen molar-refractivity contribution in [3.05, 3.63) is 35.9 Å². The highest BCUT2D eigenvalue weighted by Gasteiger charge is 2.13. The number of benzene rings is 1. The molecule has 1 aromatic carbocycles. The molecular formula is C14H22S. The monoisotopic (exact) mass is 222 g/mol. The van der Waals surface area contributed by atoms with Gasteiger partial charge in [-0.05, 0) is 36.0 Å². The SMILES string of the molecule is CCC(C)CC(CCS)c1ccccc1. The Hall–Kier alpha value is -0.430. The zero-order chi connectivity index (χ0) is 11.1. The summed E-state index contributed by atoms with van der Waals surface area (Å²) >= 11 is 4.36. The maximum Gasteiger partial charge on any atom is -0.00921 e. The van der Waals surface area contributed by atoms with Crippen LogP contribution in [0.5, 0.6) is 0 Å². The van der Waals surface area contributed by atoms with E-state index in [1.165, 1.54) is 24.8 Å². The molecule has 1 rings (SSSR count). The van der Waals surface area contributed by atoms with Crippen LogP contribution >= 0.6 is 12.6 Å². The Balaban J connectivity index is 2.65. The van der Waals surface area contributed by atoms with Crippen LogP contribution in [-0.2, 0) is 0 Å². The standard InChI is InChI=1S/C14H22S/c1-3-12(2)11-14(9-10-15)13-7-5-4-6-8-13/h4-8,12,14-15H,3,9-11H2,1-2H3. The first-order chi connectivity index (χ1) is 7.27. The van der Waals surface area contributed by atoms with Crippen molar-refractivity contribution in [2.75, 3.05) is 5.75 Å². The van der Waals surface area contributed by atoms with Crippen LogP contribution < -0.4 is 0 Å². The Morgan fingerprint density at radius 1 is 1.20 bits per heavy atom. The highest BCUT2D eigenvalue weighted by molar-refractivity contribution is 7.80. The lowest BCUT2D eigenvalue weighted by molar-refractivity contribution is 0.448. The molecule has 2 atom stereocenters. The fourth-order valence-corrected chi connectivity index (χ4v) is 2.27. The maximum atomic E-state index is 4.36. The van der Waals surface area contributed by atoms with Crippen molar-refractivity contribution in [2.24, 2.45) is 5.92 Å². The van der Waals surface area contributed by atoms with E-state index in [0.29, 0.717) is 5.92 Å².